The maximum atomic E-state index is 5.06. The van der Waals surface area contributed by atoms with Gasteiger partial charge < -0.3 is 5.43 Å². The summed E-state index contributed by atoms with van der Waals surface area (Å²) < 4.78 is 0. The summed E-state index contributed by atoms with van der Waals surface area (Å²) >= 11 is 0. The Labute approximate surface area is 53.7 Å². The van der Waals surface area contributed by atoms with Crippen LogP contribution in [-0.2, 0) is 0 Å². The van der Waals surface area contributed by atoms with Crippen LogP contribution in [-0.4, -0.2) is 16.9 Å². The normalized spacial score (nSPS) is 8.44. The van der Waals surface area contributed by atoms with Crippen LogP contribution in [0.15, 0.2) is 12.3 Å². The van der Waals surface area contributed by atoms with E-state index >= 15 is 0 Å². The van der Waals surface area contributed by atoms with Crippen LogP contribution in [0.3, 0.4) is 0 Å². The van der Waals surface area contributed by atoms with E-state index in [4.69, 9.17) is 6.42 Å². The third-order valence-electron chi connectivity index (χ3n) is 0.966. The first-order valence-corrected chi connectivity index (χ1v) is 2.57. The van der Waals surface area contributed by atoms with Crippen LogP contribution in [0.25, 0.3) is 0 Å². The van der Waals surface area contributed by atoms with Crippen molar-refractivity contribution in [1.82, 2.24) is 9.89 Å². The maximum Gasteiger partial charge on any atom is 0.137 e. The van der Waals surface area contributed by atoms with Gasteiger partial charge in [0.15, 0.2) is 0 Å². The van der Waals surface area contributed by atoms with Gasteiger partial charge in [-0.3, -0.25) is 0 Å². The molecule has 0 unspecified atom stereocenters. The first-order valence-electron chi connectivity index (χ1n) is 2.57. The minimum Gasteiger partial charge on any atom is -0.313 e. The summed E-state index contributed by atoms with van der Waals surface area (Å²) in [6.07, 6.45) is 6.82. The van der Waals surface area contributed by atoms with Crippen LogP contribution in [0.4, 0.5) is 0 Å². The van der Waals surface area contributed by atoms with Gasteiger partial charge in [-0.15, -0.1) is 11.5 Å². The van der Waals surface area contributed by atoms with Gasteiger partial charge in [0.25, 0.3) is 0 Å². The van der Waals surface area contributed by atoms with Crippen molar-refractivity contribution in [3.8, 4) is 12.3 Å². The maximum absolute atomic E-state index is 5.06. The highest BCUT2D eigenvalue weighted by Gasteiger charge is 1.88. The number of hydrogen-bond acceptors (Lipinski definition) is 2. The molecule has 3 nitrogen and oxygen atoms in total. The molecule has 0 saturated heterocycles. The monoisotopic (exact) mass is 121 g/mol. The van der Waals surface area contributed by atoms with Crippen molar-refractivity contribution in [3.05, 3.63) is 18.0 Å². The second kappa shape index (κ2) is 2.23. The van der Waals surface area contributed by atoms with Gasteiger partial charge in [0, 0.05) is 13.2 Å². The molecule has 0 spiro atoms. The van der Waals surface area contributed by atoms with Crippen molar-refractivity contribution in [2.75, 3.05) is 12.5 Å². The first kappa shape index (κ1) is 5.70. The van der Waals surface area contributed by atoms with Crippen molar-refractivity contribution in [2.24, 2.45) is 0 Å². The van der Waals surface area contributed by atoms with Crippen molar-refractivity contribution >= 4 is 0 Å². The van der Waals surface area contributed by atoms with E-state index in [0.29, 0.717) is 5.69 Å². The molecule has 46 valence electrons. The molecule has 0 aliphatic carbocycles. The van der Waals surface area contributed by atoms with E-state index in [-0.39, 0.29) is 0 Å². The van der Waals surface area contributed by atoms with Gasteiger partial charge in [-0.1, -0.05) is 0 Å². The lowest BCUT2D eigenvalue weighted by atomic mass is 10.5. The zero-order valence-corrected chi connectivity index (χ0v) is 5.13. The molecule has 0 radical (unpaired) electrons. The van der Waals surface area contributed by atoms with Crippen LogP contribution < -0.4 is 5.43 Å². The Morgan fingerprint density at radius 3 is 3.00 bits per heavy atom. The lowest BCUT2D eigenvalue weighted by molar-refractivity contribution is 0.778. The summed E-state index contributed by atoms with van der Waals surface area (Å²) in [6, 6.07) is 1.76. The van der Waals surface area contributed by atoms with Gasteiger partial charge >= 0.3 is 0 Å². The molecular formula is C6H7N3. The van der Waals surface area contributed by atoms with E-state index in [1.165, 1.54) is 0 Å². The molecule has 1 rings (SSSR count). The molecular weight excluding hydrogens is 114 g/mol. The van der Waals surface area contributed by atoms with Crippen molar-refractivity contribution < 1.29 is 0 Å². The van der Waals surface area contributed by atoms with E-state index in [0.717, 1.165) is 0 Å². The minimum absolute atomic E-state index is 0.643. The topological polar surface area (TPSA) is 29.9 Å². The molecule has 3 heteroatoms. The third-order valence-corrected chi connectivity index (χ3v) is 0.966. The molecule has 0 atom stereocenters. The minimum atomic E-state index is 0.643. The quantitative estimate of drug-likeness (QED) is 0.531. The second-order valence-electron chi connectivity index (χ2n) is 1.51. The molecule has 9 heavy (non-hydrogen) atoms. The molecule has 0 aliphatic heterocycles. The van der Waals surface area contributed by atoms with Crippen LogP contribution in [0.1, 0.15) is 5.69 Å². The number of terminal acetylenes is 1. The third kappa shape index (κ3) is 1.03. The number of hydrogen-bond donors (Lipinski definition) is 1. The Hall–Kier alpha value is -1.43. The number of aromatic nitrogens is 2. The molecule has 1 aromatic heterocycles. The van der Waals surface area contributed by atoms with E-state index in [1.807, 2.05) is 0 Å². The molecule has 1 heterocycles. The van der Waals surface area contributed by atoms with E-state index in [9.17, 15) is 0 Å². The number of nitrogens with one attached hydrogen (secondary N) is 1. The number of nitrogens with zero attached hydrogens (tertiary/aromatic N) is 2. The summed E-state index contributed by atoms with van der Waals surface area (Å²) in [5.41, 5.74) is 3.43. The molecule has 1 N–H and O–H groups in total. The van der Waals surface area contributed by atoms with Gasteiger partial charge in [-0.05, 0) is 12.0 Å². The fourth-order valence-electron chi connectivity index (χ4n) is 0.525. The molecule has 0 fully saturated rings. The lowest BCUT2D eigenvalue weighted by Gasteiger charge is -1.93. The Kier molecular flexibility index (Phi) is 1.41. The zero-order chi connectivity index (χ0) is 6.69. The Bertz CT molecular complexity index is 231. The number of rotatable bonds is 1. The van der Waals surface area contributed by atoms with Crippen molar-refractivity contribution in [2.45, 2.75) is 0 Å². The smallest absolute Gasteiger partial charge is 0.137 e. The van der Waals surface area contributed by atoms with Crippen LogP contribution in [0.2, 0.25) is 0 Å². The van der Waals surface area contributed by atoms with Gasteiger partial charge in [0.2, 0.25) is 0 Å². The average Bonchev–Trinajstić information content (AvgIpc) is 2.34. The molecule has 0 saturated carbocycles. The summed E-state index contributed by atoms with van der Waals surface area (Å²) in [4.78, 5) is 1.55. The average molecular weight is 121 g/mol. The van der Waals surface area contributed by atoms with Crippen LogP contribution >= 0.6 is 0 Å². The highest BCUT2D eigenvalue weighted by atomic mass is 15.5. The van der Waals surface area contributed by atoms with Gasteiger partial charge in [0.05, 0.1) is 0 Å². The molecule has 0 bridgehead atoms. The Morgan fingerprint density at radius 2 is 2.67 bits per heavy atom. The summed E-state index contributed by atoms with van der Waals surface area (Å²) in [6.45, 7) is 0. The summed E-state index contributed by atoms with van der Waals surface area (Å²) in [5, 5.41) is 3.92. The summed E-state index contributed by atoms with van der Waals surface area (Å²) in [5.74, 6) is 2.41. The fraction of sp³-hybridized carbons (Fsp3) is 0.167. The first-order chi connectivity index (χ1) is 4.36. The predicted molar refractivity (Wildman–Crippen MR) is 35.4 cm³/mol. The van der Waals surface area contributed by atoms with Gasteiger partial charge in [-0.25, -0.2) is 0 Å². The van der Waals surface area contributed by atoms with E-state index < -0.39 is 0 Å². The molecule has 0 aliphatic rings. The van der Waals surface area contributed by atoms with Crippen molar-refractivity contribution in [3.63, 3.8) is 0 Å². The molecule has 0 aromatic carbocycles. The second-order valence-corrected chi connectivity index (χ2v) is 1.51. The molecule has 1 aromatic rings. The van der Waals surface area contributed by atoms with Gasteiger partial charge in [0.1, 0.15) is 5.69 Å². The molecule has 0 amide bonds. The van der Waals surface area contributed by atoms with E-state index in [2.05, 4.69) is 16.4 Å². The van der Waals surface area contributed by atoms with Crippen molar-refractivity contribution in [1.29, 1.82) is 0 Å². The summed E-state index contributed by atoms with van der Waals surface area (Å²) in [7, 11) is 1.77. The standard InChI is InChI=1S/C6H7N3/c1-3-6-4-5-9(7-2)8-6/h1,4-5,7H,2H3. The predicted octanol–water partition coefficient (Wildman–Crippen LogP) is 0.0377. The zero-order valence-electron chi connectivity index (χ0n) is 5.13. The highest BCUT2D eigenvalue weighted by molar-refractivity contribution is 5.21. The fourth-order valence-corrected chi connectivity index (χ4v) is 0.525. The lowest BCUT2D eigenvalue weighted by Crippen LogP contribution is -2.08. The van der Waals surface area contributed by atoms with Gasteiger partial charge in [-0.2, -0.15) is 4.79 Å². The van der Waals surface area contributed by atoms with E-state index in [1.54, 1.807) is 24.1 Å². The Balaban J connectivity index is 2.90. The van der Waals surface area contributed by atoms with Crippen LogP contribution in [0, 0.1) is 12.3 Å². The SMILES string of the molecule is C#Cc1ccn(NC)n1. The largest absolute Gasteiger partial charge is 0.313 e. The van der Waals surface area contributed by atoms with Crippen LogP contribution in [0.5, 0.6) is 0 Å². The highest BCUT2D eigenvalue weighted by Crippen LogP contribution is 1.88. The Morgan fingerprint density at radius 1 is 1.89 bits per heavy atom.